The van der Waals surface area contributed by atoms with Gasteiger partial charge in [-0.3, -0.25) is 0 Å². The van der Waals surface area contributed by atoms with Crippen LogP contribution in [0.1, 0.15) is 0 Å². The second-order valence-electron chi connectivity index (χ2n) is 10.9. The maximum Gasteiger partial charge on any atom is 0.260 e. The summed E-state index contributed by atoms with van der Waals surface area (Å²) in [6.07, 6.45) is 0. The van der Waals surface area contributed by atoms with Crippen molar-refractivity contribution in [1.29, 1.82) is 0 Å². The van der Waals surface area contributed by atoms with E-state index in [4.69, 9.17) is 0 Å². The molecule has 0 spiro atoms. The molecule has 0 fully saturated rings. The number of anilines is 6. The lowest BCUT2D eigenvalue weighted by Crippen LogP contribution is -2.54. The number of fused-ring (bicyclic) bond motifs is 7. The van der Waals surface area contributed by atoms with E-state index in [0.717, 1.165) is 17.1 Å². The zero-order chi connectivity index (χ0) is 27.6. The summed E-state index contributed by atoms with van der Waals surface area (Å²) in [6.45, 7) is 0.217. The minimum absolute atomic E-state index is 0.217. The molecule has 0 aliphatic carbocycles. The van der Waals surface area contributed by atoms with Crippen LogP contribution in [0.15, 0.2) is 152 Å². The van der Waals surface area contributed by atoms with Gasteiger partial charge < -0.3 is 9.80 Å². The zero-order valence-corrected chi connectivity index (χ0v) is 23.6. The highest BCUT2D eigenvalue weighted by Crippen LogP contribution is 2.45. The lowest BCUT2D eigenvalue weighted by molar-refractivity contribution is 1.26. The van der Waals surface area contributed by atoms with E-state index in [1.807, 2.05) is 11.3 Å². The second-order valence-corrected chi connectivity index (χ2v) is 12.0. The highest BCUT2D eigenvalue weighted by atomic mass is 32.1. The van der Waals surface area contributed by atoms with Crippen LogP contribution in [-0.4, -0.2) is 6.71 Å². The number of para-hydroxylation sites is 3. The van der Waals surface area contributed by atoms with E-state index in [-0.39, 0.29) is 6.71 Å². The van der Waals surface area contributed by atoms with E-state index >= 15 is 0 Å². The van der Waals surface area contributed by atoms with Gasteiger partial charge in [0.05, 0.1) is 0 Å². The third kappa shape index (κ3) is 3.39. The molecule has 1 aromatic heterocycles. The minimum atomic E-state index is 0.217. The maximum atomic E-state index is 2.47. The molecule has 7 aromatic rings. The highest BCUT2D eigenvalue weighted by molar-refractivity contribution is 7.34. The minimum Gasteiger partial charge on any atom is -0.311 e. The van der Waals surface area contributed by atoms with Gasteiger partial charge in [0.2, 0.25) is 0 Å². The Bertz CT molecular complexity index is 2070. The number of nitrogens with zero attached hydrogens (tertiary/aromatic N) is 2. The van der Waals surface area contributed by atoms with Crippen molar-refractivity contribution >= 4 is 78.0 Å². The van der Waals surface area contributed by atoms with Crippen LogP contribution in [0.5, 0.6) is 0 Å². The summed E-state index contributed by atoms with van der Waals surface area (Å²) in [6, 6.07) is 55.0. The normalized spacial score (nSPS) is 12.7. The molecule has 0 unspecified atom stereocenters. The van der Waals surface area contributed by atoms with Gasteiger partial charge in [0, 0.05) is 38.8 Å². The Balaban J connectivity index is 1.33. The van der Waals surface area contributed by atoms with Gasteiger partial charge in [-0.15, -0.1) is 11.3 Å². The summed E-state index contributed by atoms with van der Waals surface area (Å²) in [7, 11) is 0. The molecule has 9 rings (SSSR count). The van der Waals surface area contributed by atoms with E-state index in [9.17, 15) is 0 Å². The molecule has 0 atom stereocenters. The van der Waals surface area contributed by atoms with E-state index in [0.29, 0.717) is 0 Å². The van der Waals surface area contributed by atoms with Gasteiger partial charge in [-0.05, 0) is 92.9 Å². The molecule has 196 valence electrons. The van der Waals surface area contributed by atoms with Crippen LogP contribution in [0.25, 0.3) is 21.2 Å². The number of hydrogen-bond donors (Lipinski definition) is 0. The third-order valence-corrected chi connectivity index (χ3v) is 9.87. The SMILES string of the molecule is c1ccc(N(c2ccccc2)c2ccc3c(c2)N(c2ccccc2)c2cccc4c2B3c2sc3ccccc3c2-4)cc1. The van der Waals surface area contributed by atoms with Crippen molar-refractivity contribution in [3.63, 3.8) is 0 Å². The quantitative estimate of drug-likeness (QED) is 0.202. The van der Waals surface area contributed by atoms with Gasteiger partial charge in [0.1, 0.15) is 0 Å². The lowest BCUT2D eigenvalue weighted by atomic mass is 9.39. The number of thiophene rings is 1. The first-order valence-corrected chi connectivity index (χ1v) is 15.2. The first kappa shape index (κ1) is 23.6. The van der Waals surface area contributed by atoms with Gasteiger partial charge in [-0.2, -0.15) is 0 Å². The largest absolute Gasteiger partial charge is 0.311 e. The summed E-state index contributed by atoms with van der Waals surface area (Å²) in [5.41, 5.74) is 12.7. The lowest BCUT2D eigenvalue weighted by Gasteiger charge is -2.37. The van der Waals surface area contributed by atoms with Gasteiger partial charge in [-0.25, -0.2) is 0 Å². The van der Waals surface area contributed by atoms with Crippen LogP contribution in [0, 0.1) is 0 Å². The smallest absolute Gasteiger partial charge is 0.260 e. The zero-order valence-electron chi connectivity index (χ0n) is 22.8. The van der Waals surface area contributed by atoms with E-state index in [2.05, 4.69) is 161 Å². The summed E-state index contributed by atoms with van der Waals surface area (Å²) in [5, 5.41) is 1.36. The highest BCUT2D eigenvalue weighted by Gasteiger charge is 2.44. The van der Waals surface area contributed by atoms with Crippen LogP contribution in [0.4, 0.5) is 34.1 Å². The predicted octanol–water partition coefficient (Wildman–Crippen LogP) is 8.65. The summed E-state index contributed by atoms with van der Waals surface area (Å²) >= 11 is 1.95. The summed E-state index contributed by atoms with van der Waals surface area (Å²) < 4.78 is 2.82. The Labute approximate surface area is 249 Å². The number of rotatable bonds is 4. The maximum absolute atomic E-state index is 2.47. The van der Waals surface area contributed by atoms with Crippen molar-refractivity contribution in [3.05, 3.63) is 152 Å². The van der Waals surface area contributed by atoms with Crippen molar-refractivity contribution < 1.29 is 0 Å². The molecule has 0 saturated carbocycles. The molecular formula is C38H25BN2S. The molecule has 6 aromatic carbocycles. The van der Waals surface area contributed by atoms with Crippen molar-refractivity contribution in [2.75, 3.05) is 9.80 Å². The summed E-state index contributed by atoms with van der Waals surface area (Å²) in [5.74, 6) is 0. The van der Waals surface area contributed by atoms with Gasteiger partial charge in [0.25, 0.3) is 6.71 Å². The molecule has 0 bridgehead atoms. The Morgan fingerprint density at radius 2 is 1.21 bits per heavy atom. The molecule has 4 heteroatoms. The Kier molecular flexibility index (Phi) is 5.20. The Morgan fingerprint density at radius 1 is 0.548 bits per heavy atom. The third-order valence-electron chi connectivity index (χ3n) is 8.63. The standard InChI is InChI=1S/C38H25BN2S/c1-4-13-26(14-5-1)40(27-15-6-2-7-16-27)29-23-24-32-34(25-29)41(28-17-8-3-9-18-28)33-21-12-20-31-36-30-19-10-11-22-35(30)42-38(36)39(32)37(31)33/h1-25H. The molecule has 0 N–H and O–H groups in total. The summed E-state index contributed by atoms with van der Waals surface area (Å²) in [4.78, 5) is 4.83. The topological polar surface area (TPSA) is 6.48 Å². The van der Waals surface area contributed by atoms with Gasteiger partial charge in [-0.1, -0.05) is 91.0 Å². The van der Waals surface area contributed by atoms with E-state index in [1.54, 1.807) is 0 Å². The first-order chi connectivity index (χ1) is 20.9. The van der Waals surface area contributed by atoms with E-state index in [1.165, 1.54) is 54.0 Å². The molecule has 3 heterocycles. The molecule has 42 heavy (non-hydrogen) atoms. The first-order valence-electron chi connectivity index (χ1n) is 14.4. The molecule has 0 radical (unpaired) electrons. The second kappa shape index (κ2) is 9.23. The molecular weight excluding hydrogens is 527 g/mol. The molecule has 2 aliphatic rings. The van der Waals surface area contributed by atoms with Crippen LogP contribution >= 0.6 is 11.3 Å². The van der Waals surface area contributed by atoms with Crippen LogP contribution in [0.3, 0.4) is 0 Å². The monoisotopic (exact) mass is 552 g/mol. The van der Waals surface area contributed by atoms with Crippen LogP contribution < -0.4 is 25.5 Å². The molecule has 2 nitrogen and oxygen atoms in total. The number of benzene rings is 6. The van der Waals surface area contributed by atoms with Crippen LogP contribution in [-0.2, 0) is 0 Å². The molecule has 0 saturated heterocycles. The Morgan fingerprint density at radius 3 is 1.95 bits per heavy atom. The average molecular weight is 553 g/mol. The van der Waals surface area contributed by atoms with Crippen molar-refractivity contribution in [1.82, 2.24) is 0 Å². The molecule has 0 amide bonds. The number of hydrogen-bond acceptors (Lipinski definition) is 3. The van der Waals surface area contributed by atoms with Crippen molar-refractivity contribution in [3.8, 4) is 11.1 Å². The van der Waals surface area contributed by atoms with Gasteiger partial charge >= 0.3 is 0 Å². The molecule has 2 aliphatic heterocycles. The van der Waals surface area contributed by atoms with Crippen molar-refractivity contribution in [2.24, 2.45) is 0 Å². The fourth-order valence-corrected chi connectivity index (χ4v) is 8.29. The predicted molar refractivity (Wildman–Crippen MR) is 181 cm³/mol. The fraction of sp³-hybridized carbons (Fsp3) is 0. The fourth-order valence-electron chi connectivity index (χ4n) is 6.94. The van der Waals surface area contributed by atoms with E-state index < -0.39 is 0 Å². The van der Waals surface area contributed by atoms with Crippen LogP contribution in [0.2, 0.25) is 0 Å². The Hall–Kier alpha value is -5.06. The average Bonchev–Trinajstić information content (AvgIpc) is 3.59. The van der Waals surface area contributed by atoms with Gasteiger partial charge in [0.15, 0.2) is 0 Å². The van der Waals surface area contributed by atoms with Crippen molar-refractivity contribution in [2.45, 2.75) is 0 Å².